The van der Waals surface area contributed by atoms with Crippen molar-refractivity contribution in [2.75, 3.05) is 20.2 Å². The van der Waals surface area contributed by atoms with E-state index in [4.69, 9.17) is 4.74 Å². The first-order valence-corrected chi connectivity index (χ1v) is 11.3. The average Bonchev–Trinajstić information content (AvgIpc) is 3.55. The van der Waals surface area contributed by atoms with Crippen molar-refractivity contribution in [3.05, 3.63) is 41.0 Å². The molecule has 162 valence electrons. The first-order valence-electron chi connectivity index (χ1n) is 11.3. The van der Waals surface area contributed by atoms with E-state index in [0.29, 0.717) is 6.54 Å². The zero-order valence-electron chi connectivity index (χ0n) is 18.3. The Morgan fingerprint density at radius 2 is 2.10 bits per heavy atom. The maximum atomic E-state index is 6.08. The molecule has 7 heteroatoms. The second kappa shape index (κ2) is 9.96. The maximum Gasteiger partial charge on any atom is 0.191 e. The highest BCUT2D eigenvalue weighted by Crippen LogP contribution is 2.30. The second-order valence-electron chi connectivity index (χ2n) is 8.46. The Balaban J connectivity index is 1.28. The molecule has 0 saturated heterocycles. The molecule has 1 aromatic heterocycles. The zero-order valence-corrected chi connectivity index (χ0v) is 18.3. The molecule has 4 rings (SSSR count). The fraction of sp³-hybridized carbons (Fsp3) is 0.609. The summed E-state index contributed by atoms with van der Waals surface area (Å²) in [5.74, 6) is 4.73. The summed E-state index contributed by atoms with van der Waals surface area (Å²) in [7, 11) is 1.80. The van der Waals surface area contributed by atoms with Gasteiger partial charge < -0.3 is 19.9 Å². The van der Waals surface area contributed by atoms with Gasteiger partial charge in [-0.15, -0.1) is 10.2 Å². The number of benzene rings is 1. The molecule has 1 fully saturated rings. The first kappa shape index (κ1) is 20.7. The van der Waals surface area contributed by atoms with E-state index in [1.54, 1.807) is 7.05 Å². The van der Waals surface area contributed by atoms with Crippen LogP contribution in [0, 0.1) is 12.8 Å². The number of aromatic nitrogens is 3. The van der Waals surface area contributed by atoms with Crippen LogP contribution in [0.4, 0.5) is 0 Å². The lowest BCUT2D eigenvalue weighted by Gasteiger charge is -2.15. The lowest BCUT2D eigenvalue weighted by molar-refractivity contribution is 0.296. The highest BCUT2D eigenvalue weighted by atomic mass is 16.5. The van der Waals surface area contributed by atoms with Crippen LogP contribution in [0.1, 0.15) is 54.9 Å². The molecular formula is C23H34N6O. The summed E-state index contributed by atoms with van der Waals surface area (Å²) in [5, 5.41) is 15.6. The average molecular weight is 411 g/mol. The quantitative estimate of drug-likeness (QED) is 0.517. The Hall–Kier alpha value is -2.57. The van der Waals surface area contributed by atoms with Crippen molar-refractivity contribution in [3.8, 4) is 5.75 Å². The van der Waals surface area contributed by atoms with Crippen molar-refractivity contribution in [2.45, 2.75) is 65.0 Å². The summed E-state index contributed by atoms with van der Waals surface area (Å²) in [6, 6.07) is 6.41. The van der Waals surface area contributed by atoms with E-state index < -0.39 is 0 Å². The highest BCUT2D eigenvalue weighted by Gasteiger charge is 2.22. The predicted octanol–water partition coefficient (Wildman–Crippen LogP) is 3.01. The number of rotatable bonds is 8. The molecule has 0 bridgehead atoms. The van der Waals surface area contributed by atoms with Gasteiger partial charge in [0, 0.05) is 45.1 Å². The Kier molecular flexibility index (Phi) is 6.87. The Morgan fingerprint density at radius 3 is 2.93 bits per heavy atom. The molecule has 1 aromatic carbocycles. The number of nitrogens with one attached hydrogen (secondary N) is 2. The third kappa shape index (κ3) is 5.52. The number of ether oxygens (including phenoxy) is 1. The van der Waals surface area contributed by atoms with Gasteiger partial charge in [0.05, 0.1) is 6.61 Å². The largest absolute Gasteiger partial charge is 0.493 e. The van der Waals surface area contributed by atoms with Crippen molar-refractivity contribution in [1.82, 2.24) is 25.4 Å². The van der Waals surface area contributed by atoms with Crippen LogP contribution in [-0.2, 0) is 25.9 Å². The molecule has 1 aliphatic heterocycles. The molecule has 2 aliphatic rings. The van der Waals surface area contributed by atoms with Gasteiger partial charge in [-0.3, -0.25) is 4.99 Å². The van der Waals surface area contributed by atoms with Crippen molar-refractivity contribution in [3.63, 3.8) is 0 Å². The molecule has 0 amide bonds. The van der Waals surface area contributed by atoms with Gasteiger partial charge in [0.15, 0.2) is 5.96 Å². The third-order valence-corrected chi connectivity index (χ3v) is 5.89. The first-order chi connectivity index (χ1) is 14.7. The molecule has 7 nitrogen and oxygen atoms in total. The SMILES string of the molecule is CN=C(NCCc1nnc2n1CCCCC2)NCc1ccc(C)cc1OCC1CC1. The van der Waals surface area contributed by atoms with E-state index in [9.17, 15) is 0 Å². The molecule has 0 atom stereocenters. The van der Waals surface area contributed by atoms with Gasteiger partial charge in [0.25, 0.3) is 0 Å². The summed E-state index contributed by atoms with van der Waals surface area (Å²) in [6.07, 6.45) is 8.20. The van der Waals surface area contributed by atoms with Crippen LogP contribution in [0.2, 0.25) is 0 Å². The molecule has 0 spiro atoms. The number of nitrogens with zero attached hydrogens (tertiary/aromatic N) is 4. The van der Waals surface area contributed by atoms with Crippen molar-refractivity contribution < 1.29 is 4.74 Å². The summed E-state index contributed by atoms with van der Waals surface area (Å²) in [4.78, 5) is 4.37. The number of fused-ring (bicyclic) bond motifs is 1. The Bertz CT molecular complexity index is 871. The van der Waals surface area contributed by atoms with Gasteiger partial charge in [0.1, 0.15) is 17.4 Å². The van der Waals surface area contributed by atoms with Crippen LogP contribution in [0.25, 0.3) is 0 Å². The molecular weight excluding hydrogens is 376 g/mol. The standard InChI is InChI=1S/C23H34N6O/c1-17-7-10-19(20(14-17)30-16-18-8-9-18)15-26-23(24-2)25-12-11-22-28-27-21-6-4-3-5-13-29(21)22/h7,10,14,18H,3-6,8-9,11-13,15-16H2,1-2H3,(H2,24,25,26). The van der Waals surface area contributed by atoms with Gasteiger partial charge in [-0.1, -0.05) is 18.6 Å². The zero-order chi connectivity index (χ0) is 20.8. The molecule has 1 saturated carbocycles. The summed E-state index contributed by atoms with van der Waals surface area (Å²) < 4.78 is 8.39. The molecule has 0 radical (unpaired) electrons. The fourth-order valence-electron chi connectivity index (χ4n) is 3.86. The lowest BCUT2D eigenvalue weighted by Crippen LogP contribution is -2.38. The van der Waals surface area contributed by atoms with Gasteiger partial charge in [-0.25, -0.2) is 0 Å². The number of guanidine groups is 1. The maximum absolute atomic E-state index is 6.08. The van der Waals surface area contributed by atoms with Crippen LogP contribution >= 0.6 is 0 Å². The Morgan fingerprint density at radius 1 is 1.20 bits per heavy atom. The van der Waals surface area contributed by atoms with Gasteiger partial charge in [0.2, 0.25) is 0 Å². The Labute approximate surface area is 179 Å². The minimum Gasteiger partial charge on any atom is -0.493 e. The number of aryl methyl sites for hydroxylation is 2. The highest BCUT2D eigenvalue weighted by molar-refractivity contribution is 5.79. The molecule has 0 unspecified atom stereocenters. The normalized spacial score (nSPS) is 16.7. The number of aliphatic imine (C=N–C) groups is 1. The summed E-state index contributed by atoms with van der Waals surface area (Å²) in [5.41, 5.74) is 2.38. The third-order valence-electron chi connectivity index (χ3n) is 5.89. The van der Waals surface area contributed by atoms with E-state index in [1.807, 2.05) is 0 Å². The number of hydrogen-bond acceptors (Lipinski definition) is 4. The van der Waals surface area contributed by atoms with Crippen molar-refractivity contribution in [1.29, 1.82) is 0 Å². The smallest absolute Gasteiger partial charge is 0.191 e. The topological polar surface area (TPSA) is 76.4 Å². The molecule has 2 heterocycles. The summed E-state index contributed by atoms with van der Waals surface area (Å²) in [6.45, 7) is 5.43. The van der Waals surface area contributed by atoms with Crippen LogP contribution in [0.15, 0.2) is 23.2 Å². The molecule has 1 aliphatic carbocycles. The van der Waals surface area contributed by atoms with Crippen LogP contribution < -0.4 is 15.4 Å². The van der Waals surface area contributed by atoms with E-state index in [2.05, 4.69) is 55.5 Å². The molecule has 2 N–H and O–H groups in total. The monoisotopic (exact) mass is 410 g/mol. The van der Waals surface area contributed by atoms with E-state index in [-0.39, 0.29) is 0 Å². The van der Waals surface area contributed by atoms with E-state index in [0.717, 1.165) is 67.4 Å². The van der Waals surface area contributed by atoms with Crippen LogP contribution in [0.3, 0.4) is 0 Å². The minimum atomic E-state index is 0.681. The molecule has 30 heavy (non-hydrogen) atoms. The van der Waals surface area contributed by atoms with Crippen LogP contribution in [0.5, 0.6) is 5.75 Å². The van der Waals surface area contributed by atoms with Crippen molar-refractivity contribution in [2.24, 2.45) is 10.9 Å². The van der Waals surface area contributed by atoms with Gasteiger partial charge >= 0.3 is 0 Å². The van der Waals surface area contributed by atoms with Gasteiger partial charge in [-0.2, -0.15) is 0 Å². The number of hydrogen-bond donors (Lipinski definition) is 2. The second-order valence-corrected chi connectivity index (χ2v) is 8.46. The summed E-state index contributed by atoms with van der Waals surface area (Å²) >= 11 is 0. The van der Waals surface area contributed by atoms with Gasteiger partial charge in [-0.05, 0) is 50.2 Å². The van der Waals surface area contributed by atoms with E-state index >= 15 is 0 Å². The van der Waals surface area contributed by atoms with E-state index in [1.165, 1.54) is 37.7 Å². The van der Waals surface area contributed by atoms with Crippen molar-refractivity contribution >= 4 is 5.96 Å². The van der Waals surface area contributed by atoms with Crippen LogP contribution in [-0.4, -0.2) is 40.9 Å². The lowest BCUT2D eigenvalue weighted by atomic mass is 10.1. The predicted molar refractivity (Wildman–Crippen MR) is 119 cm³/mol. The molecule has 2 aromatic rings. The fourth-order valence-corrected chi connectivity index (χ4v) is 3.86. The minimum absolute atomic E-state index is 0.681.